The normalized spacial score (nSPS) is 10.8. The molecule has 1 N–H and O–H groups in total. The van der Waals surface area contributed by atoms with Crippen LogP contribution in [0.5, 0.6) is 11.5 Å². The summed E-state index contributed by atoms with van der Waals surface area (Å²) in [6.45, 7) is 7.34. The molecule has 1 aromatic heterocycles. The van der Waals surface area contributed by atoms with E-state index >= 15 is 0 Å². The first-order valence-corrected chi connectivity index (χ1v) is 13.8. The van der Waals surface area contributed by atoms with Crippen molar-refractivity contribution >= 4 is 40.6 Å². The van der Waals surface area contributed by atoms with Crippen LogP contribution in [0.2, 0.25) is 5.02 Å². The average Bonchev–Trinajstić information content (AvgIpc) is 3.41. The van der Waals surface area contributed by atoms with Crippen molar-refractivity contribution in [2.75, 3.05) is 39.2 Å². The first kappa shape index (κ1) is 29.3. The SMILES string of the molecule is COc1ccc(CCN(Cc2cccs2)C(=O)CN(CC(C)C)C(=O)Nc2ccc(C)c(Cl)c2)cc1OC. The zero-order valence-electron chi connectivity index (χ0n) is 22.6. The highest BCUT2D eigenvalue weighted by atomic mass is 35.5. The van der Waals surface area contributed by atoms with Crippen molar-refractivity contribution in [3.8, 4) is 11.5 Å². The van der Waals surface area contributed by atoms with E-state index in [1.54, 1.807) is 42.6 Å². The summed E-state index contributed by atoms with van der Waals surface area (Å²) < 4.78 is 10.8. The number of hydrogen-bond donors (Lipinski definition) is 1. The van der Waals surface area contributed by atoms with Crippen LogP contribution in [0.3, 0.4) is 0 Å². The lowest BCUT2D eigenvalue weighted by Crippen LogP contribution is -2.46. The number of benzene rings is 2. The summed E-state index contributed by atoms with van der Waals surface area (Å²) in [7, 11) is 3.21. The highest BCUT2D eigenvalue weighted by molar-refractivity contribution is 7.09. The van der Waals surface area contributed by atoms with Crippen LogP contribution in [0.4, 0.5) is 10.5 Å². The molecule has 9 heteroatoms. The number of methoxy groups -OCH3 is 2. The number of urea groups is 1. The molecule has 0 fully saturated rings. The molecule has 0 radical (unpaired) electrons. The van der Waals surface area contributed by atoms with Gasteiger partial charge in [0.1, 0.15) is 6.54 Å². The number of nitrogens with one attached hydrogen (secondary N) is 1. The molecular weight excluding hydrogens is 522 g/mol. The lowest BCUT2D eigenvalue weighted by molar-refractivity contribution is -0.132. The Morgan fingerprint density at radius 2 is 1.79 bits per heavy atom. The summed E-state index contributed by atoms with van der Waals surface area (Å²) in [6, 6.07) is 14.8. The smallest absolute Gasteiger partial charge is 0.322 e. The predicted octanol–water partition coefficient (Wildman–Crippen LogP) is 6.49. The van der Waals surface area contributed by atoms with Crippen LogP contribution >= 0.6 is 22.9 Å². The van der Waals surface area contributed by atoms with Crippen molar-refractivity contribution in [3.05, 3.63) is 74.9 Å². The van der Waals surface area contributed by atoms with Crippen molar-refractivity contribution in [1.29, 1.82) is 0 Å². The van der Waals surface area contributed by atoms with Gasteiger partial charge in [-0.2, -0.15) is 0 Å². The molecular formula is C29H36ClN3O4S. The number of carbonyl (C=O) groups excluding carboxylic acids is 2. The molecule has 3 amide bonds. The fraction of sp³-hybridized carbons (Fsp3) is 0.379. The zero-order chi connectivity index (χ0) is 27.7. The maximum absolute atomic E-state index is 13.6. The van der Waals surface area contributed by atoms with Crippen LogP contribution < -0.4 is 14.8 Å². The molecule has 0 unspecified atom stereocenters. The quantitative estimate of drug-likeness (QED) is 0.276. The molecule has 0 saturated heterocycles. The minimum absolute atomic E-state index is 0.0269. The summed E-state index contributed by atoms with van der Waals surface area (Å²) in [4.78, 5) is 31.3. The van der Waals surface area contributed by atoms with E-state index in [1.807, 2.05) is 67.4 Å². The van der Waals surface area contributed by atoms with Gasteiger partial charge in [0.25, 0.3) is 0 Å². The minimum Gasteiger partial charge on any atom is -0.493 e. The molecule has 204 valence electrons. The summed E-state index contributed by atoms with van der Waals surface area (Å²) >= 11 is 7.84. The molecule has 0 aliphatic heterocycles. The van der Waals surface area contributed by atoms with E-state index in [0.717, 1.165) is 16.0 Å². The van der Waals surface area contributed by atoms with E-state index < -0.39 is 0 Å². The number of hydrogen-bond acceptors (Lipinski definition) is 5. The van der Waals surface area contributed by atoms with Crippen LogP contribution in [0.25, 0.3) is 0 Å². The van der Waals surface area contributed by atoms with E-state index in [9.17, 15) is 9.59 Å². The van der Waals surface area contributed by atoms with Crippen molar-refractivity contribution in [2.24, 2.45) is 5.92 Å². The third-order valence-corrected chi connectivity index (χ3v) is 7.29. The zero-order valence-corrected chi connectivity index (χ0v) is 24.2. The summed E-state index contributed by atoms with van der Waals surface area (Å²) in [5.41, 5.74) is 2.55. The first-order chi connectivity index (χ1) is 18.2. The fourth-order valence-electron chi connectivity index (χ4n) is 3.98. The lowest BCUT2D eigenvalue weighted by Gasteiger charge is -2.29. The van der Waals surface area contributed by atoms with Gasteiger partial charge < -0.3 is 24.6 Å². The predicted molar refractivity (Wildman–Crippen MR) is 155 cm³/mol. The van der Waals surface area contributed by atoms with Gasteiger partial charge in [0.05, 0.1) is 20.8 Å². The average molecular weight is 558 g/mol. The molecule has 0 spiro atoms. The Morgan fingerprint density at radius 3 is 2.42 bits per heavy atom. The maximum atomic E-state index is 13.6. The van der Waals surface area contributed by atoms with Crippen molar-refractivity contribution in [2.45, 2.75) is 33.7 Å². The Bertz CT molecular complexity index is 1220. The summed E-state index contributed by atoms with van der Waals surface area (Å²) in [5.74, 6) is 1.38. The van der Waals surface area contributed by atoms with E-state index in [-0.39, 0.29) is 24.4 Å². The molecule has 3 rings (SSSR count). The van der Waals surface area contributed by atoms with Crippen LogP contribution in [-0.2, 0) is 17.8 Å². The van der Waals surface area contributed by atoms with E-state index in [4.69, 9.17) is 21.1 Å². The first-order valence-electron chi connectivity index (χ1n) is 12.5. The largest absolute Gasteiger partial charge is 0.493 e. The van der Waals surface area contributed by atoms with Gasteiger partial charge in [0.2, 0.25) is 5.91 Å². The molecule has 38 heavy (non-hydrogen) atoms. The molecule has 0 aliphatic carbocycles. The Hall–Kier alpha value is -3.23. The standard InChI is InChI=1S/C29H36ClN3O4S/c1-20(2)17-33(29(35)31-23-10-8-21(3)25(30)16-23)19-28(34)32(18-24-7-6-14-38-24)13-12-22-9-11-26(36-4)27(15-22)37-5/h6-11,14-16,20H,12-13,17-19H2,1-5H3,(H,31,35). The topological polar surface area (TPSA) is 71.1 Å². The number of thiophene rings is 1. The van der Waals surface area contributed by atoms with Crippen molar-refractivity contribution < 1.29 is 19.1 Å². The number of rotatable bonds is 12. The second kappa shape index (κ2) is 14.1. The van der Waals surface area contributed by atoms with Gasteiger partial charge in [-0.05, 0) is 66.1 Å². The Balaban J connectivity index is 1.75. The number of anilines is 1. The number of ether oxygens (including phenoxy) is 2. The summed E-state index contributed by atoms with van der Waals surface area (Å²) in [5, 5.41) is 5.47. The number of nitrogens with zero attached hydrogens (tertiary/aromatic N) is 2. The van der Waals surface area contributed by atoms with Crippen molar-refractivity contribution in [3.63, 3.8) is 0 Å². The molecule has 7 nitrogen and oxygen atoms in total. The van der Waals surface area contributed by atoms with Gasteiger partial charge >= 0.3 is 6.03 Å². The third-order valence-electron chi connectivity index (χ3n) is 6.02. The molecule has 0 atom stereocenters. The van der Waals surface area contributed by atoms with Gasteiger partial charge in [-0.15, -0.1) is 11.3 Å². The van der Waals surface area contributed by atoms with Crippen LogP contribution in [0.15, 0.2) is 53.9 Å². The van der Waals surface area contributed by atoms with E-state index in [0.29, 0.717) is 48.3 Å². The maximum Gasteiger partial charge on any atom is 0.322 e. The molecule has 3 aromatic rings. The van der Waals surface area contributed by atoms with E-state index in [2.05, 4.69) is 5.32 Å². The van der Waals surface area contributed by atoms with Crippen LogP contribution in [0, 0.1) is 12.8 Å². The Kier molecular flexibility index (Phi) is 10.9. The van der Waals surface area contributed by atoms with Crippen LogP contribution in [-0.4, -0.2) is 55.6 Å². The highest BCUT2D eigenvalue weighted by Gasteiger charge is 2.23. The fourth-order valence-corrected chi connectivity index (χ4v) is 4.88. The van der Waals surface area contributed by atoms with Gasteiger partial charge in [0.15, 0.2) is 11.5 Å². The Labute approximate surface area is 234 Å². The number of halogens is 1. The van der Waals surface area contributed by atoms with Gasteiger partial charge in [-0.25, -0.2) is 4.79 Å². The Morgan fingerprint density at radius 1 is 1.03 bits per heavy atom. The molecule has 0 saturated carbocycles. The third kappa shape index (κ3) is 8.39. The monoisotopic (exact) mass is 557 g/mol. The molecule has 2 aromatic carbocycles. The van der Waals surface area contributed by atoms with Gasteiger partial charge in [-0.1, -0.05) is 43.6 Å². The highest BCUT2D eigenvalue weighted by Crippen LogP contribution is 2.28. The number of amides is 3. The second-order valence-corrected chi connectivity index (χ2v) is 10.9. The number of aryl methyl sites for hydroxylation is 1. The molecule has 0 aliphatic rings. The van der Waals surface area contributed by atoms with Gasteiger partial charge in [-0.3, -0.25) is 4.79 Å². The molecule has 1 heterocycles. The van der Waals surface area contributed by atoms with Crippen molar-refractivity contribution in [1.82, 2.24) is 9.80 Å². The molecule has 0 bridgehead atoms. The number of carbonyl (C=O) groups is 2. The van der Waals surface area contributed by atoms with Gasteiger partial charge in [0, 0.05) is 28.7 Å². The minimum atomic E-state index is -0.331. The second-order valence-electron chi connectivity index (χ2n) is 9.50. The lowest BCUT2D eigenvalue weighted by atomic mass is 10.1. The summed E-state index contributed by atoms with van der Waals surface area (Å²) in [6.07, 6.45) is 0.635. The van der Waals surface area contributed by atoms with Crippen LogP contribution in [0.1, 0.15) is 29.9 Å². The van der Waals surface area contributed by atoms with E-state index in [1.165, 1.54) is 0 Å².